The SMILES string of the molecule is CN(C)Cc1ccc(-c2c(-c3cccc(OC(F)(F)F)c3)cn3c2C(=O)NC[C@@H]3CCCN(C(=O)O)C(C)(C)C)cc1.O=C(O)C(F)(F)F. The van der Waals surface area contributed by atoms with Crippen LogP contribution in [0.1, 0.15) is 55.7 Å². The van der Waals surface area contributed by atoms with Crippen LogP contribution in [0, 0.1) is 0 Å². The van der Waals surface area contributed by atoms with Gasteiger partial charge in [0.25, 0.3) is 5.91 Å². The molecule has 1 aromatic heterocycles. The smallest absolute Gasteiger partial charge is 0.475 e. The van der Waals surface area contributed by atoms with Gasteiger partial charge in [-0.3, -0.25) is 4.79 Å². The van der Waals surface area contributed by atoms with Crippen LogP contribution in [0.25, 0.3) is 22.3 Å². The summed E-state index contributed by atoms with van der Waals surface area (Å²) in [7, 11) is 3.93. The fourth-order valence-corrected chi connectivity index (χ4v) is 5.39. The third-order valence-corrected chi connectivity index (χ3v) is 7.46. The normalized spacial score (nSPS) is 14.8. The third-order valence-electron chi connectivity index (χ3n) is 7.46. The minimum atomic E-state index is -5.08. The molecule has 0 spiro atoms. The number of hydrogen-bond donors (Lipinski definition) is 3. The Balaban J connectivity index is 0.000000838. The lowest BCUT2D eigenvalue weighted by atomic mass is 9.95. The molecule has 3 N–H and O–H groups in total. The molecule has 1 atom stereocenters. The fraction of sp³-hybridized carbons (Fsp3) is 0.424. The van der Waals surface area contributed by atoms with E-state index in [0.29, 0.717) is 48.3 Å². The summed E-state index contributed by atoms with van der Waals surface area (Å²) in [4.78, 5) is 37.5. The highest BCUT2D eigenvalue weighted by Crippen LogP contribution is 2.41. The number of rotatable bonds is 9. The Hall–Kier alpha value is -4.73. The first-order valence-electron chi connectivity index (χ1n) is 15.0. The average molecular weight is 701 g/mol. The van der Waals surface area contributed by atoms with Crippen molar-refractivity contribution in [3.8, 4) is 28.0 Å². The predicted octanol–water partition coefficient (Wildman–Crippen LogP) is 7.26. The van der Waals surface area contributed by atoms with Gasteiger partial charge >= 0.3 is 24.6 Å². The second-order valence-electron chi connectivity index (χ2n) is 12.6. The summed E-state index contributed by atoms with van der Waals surface area (Å²) in [6, 6.07) is 13.3. The Morgan fingerprint density at radius 2 is 1.59 bits per heavy atom. The van der Waals surface area contributed by atoms with Gasteiger partial charge in [0.15, 0.2) is 0 Å². The van der Waals surface area contributed by atoms with E-state index in [1.807, 2.05) is 74.8 Å². The van der Waals surface area contributed by atoms with Gasteiger partial charge in [-0.05, 0) is 76.5 Å². The molecular formula is C33H38F6N4O6. The van der Waals surface area contributed by atoms with Gasteiger partial charge in [0.05, 0.1) is 6.04 Å². The van der Waals surface area contributed by atoms with Gasteiger partial charge in [-0.15, -0.1) is 13.2 Å². The van der Waals surface area contributed by atoms with Gasteiger partial charge in [0, 0.05) is 42.5 Å². The van der Waals surface area contributed by atoms with Crippen molar-refractivity contribution in [2.24, 2.45) is 0 Å². The van der Waals surface area contributed by atoms with Crippen molar-refractivity contribution in [3.63, 3.8) is 0 Å². The monoisotopic (exact) mass is 700 g/mol. The molecule has 3 aromatic rings. The summed E-state index contributed by atoms with van der Waals surface area (Å²) in [5.41, 5.74) is 3.36. The van der Waals surface area contributed by atoms with Crippen molar-refractivity contribution in [2.75, 3.05) is 27.2 Å². The first-order chi connectivity index (χ1) is 22.6. The quantitative estimate of drug-likeness (QED) is 0.201. The molecule has 2 amide bonds. The van der Waals surface area contributed by atoms with Crippen molar-refractivity contribution in [1.29, 1.82) is 0 Å². The zero-order valence-corrected chi connectivity index (χ0v) is 27.4. The van der Waals surface area contributed by atoms with Crippen molar-refractivity contribution in [1.82, 2.24) is 19.7 Å². The van der Waals surface area contributed by atoms with Gasteiger partial charge in [0.1, 0.15) is 11.4 Å². The number of fused-ring (bicyclic) bond motifs is 1. The van der Waals surface area contributed by atoms with Crippen LogP contribution in [0.15, 0.2) is 54.7 Å². The van der Waals surface area contributed by atoms with Crippen LogP contribution in [-0.4, -0.2) is 87.8 Å². The molecule has 4 rings (SSSR count). The molecule has 49 heavy (non-hydrogen) atoms. The Morgan fingerprint density at radius 3 is 2.10 bits per heavy atom. The van der Waals surface area contributed by atoms with Crippen LogP contribution in [0.5, 0.6) is 5.75 Å². The van der Waals surface area contributed by atoms with Crippen LogP contribution in [-0.2, 0) is 11.3 Å². The van der Waals surface area contributed by atoms with Crippen LogP contribution >= 0.6 is 0 Å². The number of amides is 2. The first kappa shape index (κ1) is 38.7. The van der Waals surface area contributed by atoms with E-state index in [0.717, 1.165) is 17.7 Å². The van der Waals surface area contributed by atoms with E-state index in [1.165, 1.54) is 23.1 Å². The van der Waals surface area contributed by atoms with E-state index in [1.54, 1.807) is 6.07 Å². The zero-order chi connectivity index (χ0) is 36.9. The molecule has 2 heterocycles. The number of carboxylic acid groups (broad SMARTS) is 2. The second-order valence-corrected chi connectivity index (χ2v) is 12.6. The first-order valence-corrected chi connectivity index (χ1v) is 15.0. The lowest BCUT2D eigenvalue weighted by molar-refractivity contribution is -0.274. The molecule has 0 saturated carbocycles. The number of nitrogens with one attached hydrogen (secondary N) is 1. The molecule has 16 heteroatoms. The maximum absolute atomic E-state index is 13.3. The third kappa shape index (κ3) is 10.6. The summed E-state index contributed by atoms with van der Waals surface area (Å²) in [6.07, 6.45) is -7.97. The zero-order valence-electron chi connectivity index (χ0n) is 27.4. The Bertz CT molecular complexity index is 1630. The van der Waals surface area contributed by atoms with Crippen LogP contribution in [0.2, 0.25) is 0 Å². The lowest BCUT2D eigenvalue weighted by Crippen LogP contribution is -2.45. The van der Waals surface area contributed by atoms with E-state index in [-0.39, 0.29) is 17.7 Å². The summed E-state index contributed by atoms with van der Waals surface area (Å²) in [5.74, 6) is -3.39. The van der Waals surface area contributed by atoms with Gasteiger partial charge < -0.3 is 34.6 Å². The van der Waals surface area contributed by atoms with Gasteiger partial charge in [-0.2, -0.15) is 13.2 Å². The number of carbonyl (C=O) groups is 3. The molecule has 10 nitrogen and oxygen atoms in total. The lowest BCUT2D eigenvalue weighted by Gasteiger charge is -2.34. The number of benzene rings is 2. The van der Waals surface area contributed by atoms with Crippen LogP contribution < -0.4 is 10.1 Å². The Kier molecular flexibility index (Phi) is 12.0. The molecule has 2 aromatic carbocycles. The predicted molar refractivity (Wildman–Crippen MR) is 168 cm³/mol. The molecule has 0 fully saturated rings. The number of carbonyl (C=O) groups excluding carboxylic acids is 1. The Labute approximate surface area is 278 Å². The molecule has 0 radical (unpaired) electrons. The van der Waals surface area contributed by atoms with E-state index in [9.17, 15) is 41.0 Å². The van der Waals surface area contributed by atoms with E-state index < -0.39 is 30.1 Å². The number of alkyl halides is 6. The van der Waals surface area contributed by atoms with E-state index in [4.69, 9.17) is 9.90 Å². The van der Waals surface area contributed by atoms with Crippen LogP contribution in [0.3, 0.4) is 0 Å². The average Bonchev–Trinajstić information content (AvgIpc) is 3.36. The van der Waals surface area contributed by atoms with Gasteiger partial charge in [-0.1, -0.05) is 36.4 Å². The number of aliphatic carboxylic acids is 1. The van der Waals surface area contributed by atoms with Crippen molar-refractivity contribution >= 4 is 18.0 Å². The van der Waals surface area contributed by atoms with Crippen LogP contribution in [0.4, 0.5) is 31.1 Å². The number of nitrogens with zero attached hydrogens (tertiary/aromatic N) is 3. The standard InChI is InChI=1S/C31H37F3N4O4.C2HF3O2/c1-30(2,3)38(29(40)41)15-7-9-23-17-35-28(39)27-26(21-13-11-20(12-14-21)18-36(4)5)25(19-37(23)27)22-8-6-10-24(16-22)42-31(32,33)34;3-2(4,5)1(6)7/h6,8,10-14,16,19,23H,7,9,15,17-18H2,1-5H3,(H,35,39)(H,40,41);(H,6,7)/t23-;/m0./s1. The number of halogens is 6. The minimum Gasteiger partial charge on any atom is -0.475 e. The van der Waals surface area contributed by atoms with Crippen molar-refractivity contribution in [3.05, 3.63) is 66.0 Å². The highest BCUT2D eigenvalue weighted by atomic mass is 19.4. The van der Waals surface area contributed by atoms with E-state index in [2.05, 4.69) is 10.1 Å². The summed E-state index contributed by atoms with van der Waals surface area (Å²) in [6.45, 7) is 6.91. The van der Waals surface area contributed by atoms with Gasteiger partial charge in [0.2, 0.25) is 0 Å². The number of carboxylic acids is 1. The largest absolute Gasteiger partial charge is 0.573 e. The van der Waals surface area contributed by atoms with Crippen molar-refractivity contribution in [2.45, 2.75) is 64.3 Å². The topological polar surface area (TPSA) is 124 Å². The second kappa shape index (κ2) is 15.2. The van der Waals surface area contributed by atoms with E-state index >= 15 is 0 Å². The number of aromatic nitrogens is 1. The molecule has 0 saturated heterocycles. The minimum absolute atomic E-state index is 0.177. The highest BCUT2D eigenvalue weighted by Gasteiger charge is 2.38. The van der Waals surface area contributed by atoms with Crippen molar-refractivity contribution < 1.29 is 55.7 Å². The molecule has 0 bridgehead atoms. The maximum Gasteiger partial charge on any atom is 0.573 e. The summed E-state index contributed by atoms with van der Waals surface area (Å²) >= 11 is 0. The molecule has 1 aliphatic heterocycles. The number of hydrogen-bond acceptors (Lipinski definition) is 5. The molecule has 268 valence electrons. The summed E-state index contributed by atoms with van der Waals surface area (Å²) in [5, 5.41) is 19.8. The summed E-state index contributed by atoms with van der Waals surface area (Å²) < 4.78 is 76.8. The van der Waals surface area contributed by atoms with Gasteiger partial charge in [-0.25, -0.2) is 9.59 Å². The molecule has 0 aliphatic carbocycles. The molecular weight excluding hydrogens is 662 g/mol. The fourth-order valence-electron chi connectivity index (χ4n) is 5.39. The highest BCUT2D eigenvalue weighted by molar-refractivity contribution is 6.05. The molecule has 0 unspecified atom stereocenters. The number of ether oxygens (including phenoxy) is 1. The molecule has 1 aliphatic rings. The maximum atomic E-state index is 13.3. The Morgan fingerprint density at radius 1 is 0.980 bits per heavy atom.